The average molecular weight is 584 g/mol. The number of imidazole rings is 2. The number of hydrogen-bond donors (Lipinski definition) is 5. The van der Waals surface area contributed by atoms with Gasteiger partial charge >= 0.3 is 6.09 Å². The number of nitrogens with two attached hydrogens (primary N) is 1. The number of hydrogen-bond acceptors (Lipinski definition) is 5. The van der Waals surface area contributed by atoms with Gasteiger partial charge in [0, 0.05) is 6.54 Å². The molecule has 0 unspecified atom stereocenters. The number of aromatic nitrogens is 4. The van der Waals surface area contributed by atoms with E-state index in [0.717, 1.165) is 52.3 Å². The van der Waals surface area contributed by atoms with Crippen molar-refractivity contribution in [2.24, 2.45) is 17.1 Å². The molecule has 0 aliphatic carbocycles. The van der Waals surface area contributed by atoms with E-state index in [1.165, 1.54) is 0 Å². The van der Waals surface area contributed by atoms with Crippen molar-refractivity contribution >= 4 is 12.0 Å². The number of benzene rings is 2. The van der Waals surface area contributed by atoms with Crippen molar-refractivity contribution in [3.05, 3.63) is 72.6 Å². The van der Waals surface area contributed by atoms with E-state index in [0.29, 0.717) is 12.4 Å². The Kier molecular flexibility index (Phi) is 8.41. The molecule has 10 heteroatoms. The number of aromatic amines is 2. The maximum absolute atomic E-state index is 13.3. The van der Waals surface area contributed by atoms with Crippen LogP contribution in [0.5, 0.6) is 0 Å². The molecule has 1 saturated heterocycles. The summed E-state index contributed by atoms with van der Waals surface area (Å²) in [5.41, 5.74) is 12.3. The number of H-pyrrole nitrogens is 2. The van der Waals surface area contributed by atoms with Gasteiger partial charge in [-0.2, -0.15) is 0 Å². The van der Waals surface area contributed by atoms with Crippen molar-refractivity contribution < 1.29 is 14.7 Å². The molecule has 1 aliphatic rings. The van der Waals surface area contributed by atoms with Crippen LogP contribution < -0.4 is 11.1 Å². The molecule has 2 amide bonds. The van der Waals surface area contributed by atoms with Gasteiger partial charge < -0.3 is 31.0 Å². The summed E-state index contributed by atoms with van der Waals surface area (Å²) in [7, 11) is 0. The molecule has 6 N–H and O–H groups in total. The standard InChI is InChI=1S/C33H41N7O3/c1-19(2)27(39-32(42)43)31(41)40-16-6-7-26(40)29-35-17-24(37-29)22-12-8-20(9-13-22)21-10-14-23(15-11-21)25-18-36-30(38-25)28(34)33(3,4)5/h8-15,17-19,26-28,39H,6-7,16,34H2,1-5H3,(H,35,37)(H,36,38)(H,42,43)/t26-,27-,28+/m0/s1. The molecule has 4 aromatic rings. The zero-order valence-corrected chi connectivity index (χ0v) is 25.4. The number of carbonyl (C=O) groups is 2. The fourth-order valence-electron chi connectivity index (χ4n) is 5.53. The number of nitrogens with zero attached hydrogens (tertiary/aromatic N) is 3. The van der Waals surface area contributed by atoms with E-state index in [2.05, 4.69) is 94.6 Å². The lowest BCUT2D eigenvalue weighted by Gasteiger charge is -2.29. The lowest BCUT2D eigenvalue weighted by molar-refractivity contribution is -0.135. The topological polar surface area (TPSA) is 153 Å². The number of rotatable bonds is 8. The third-order valence-electron chi connectivity index (χ3n) is 8.21. The normalized spacial score (nSPS) is 16.8. The molecule has 10 nitrogen and oxygen atoms in total. The first-order chi connectivity index (χ1) is 20.4. The summed E-state index contributed by atoms with van der Waals surface area (Å²) in [6.45, 7) is 10.6. The van der Waals surface area contributed by atoms with E-state index < -0.39 is 12.1 Å². The highest BCUT2D eigenvalue weighted by Crippen LogP contribution is 2.34. The number of carboxylic acid groups (broad SMARTS) is 1. The number of nitrogens with one attached hydrogen (secondary N) is 3. The molecule has 3 heterocycles. The van der Waals surface area contributed by atoms with Gasteiger partial charge in [-0.05, 0) is 46.4 Å². The van der Waals surface area contributed by atoms with Gasteiger partial charge in [-0.1, -0.05) is 83.1 Å². The molecular weight excluding hydrogens is 542 g/mol. The van der Waals surface area contributed by atoms with Gasteiger partial charge in [-0.25, -0.2) is 14.8 Å². The highest BCUT2D eigenvalue weighted by molar-refractivity contribution is 5.86. The van der Waals surface area contributed by atoms with Crippen molar-refractivity contribution in [3.63, 3.8) is 0 Å². The quantitative estimate of drug-likeness (QED) is 0.168. The van der Waals surface area contributed by atoms with E-state index in [4.69, 9.17) is 5.73 Å². The Bertz CT molecular complexity index is 1560. The second-order valence-corrected chi connectivity index (χ2v) is 12.7. The maximum atomic E-state index is 13.3. The number of amides is 2. The van der Waals surface area contributed by atoms with Crippen molar-refractivity contribution in [1.29, 1.82) is 0 Å². The molecular formula is C33H41N7O3. The summed E-state index contributed by atoms with van der Waals surface area (Å²) in [6, 6.07) is 15.4. The minimum Gasteiger partial charge on any atom is -0.465 e. The van der Waals surface area contributed by atoms with Crippen LogP contribution in [-0.4, -0.2) is 54.5 Å². The minimum atomic E-state index is -1.20. The van der Waals surface area contributed by atoms with Crippen LogP contribution in [0.25, 0.3) is 33.6 Å². The Morgan fingerprint density at radius 2 is 1.47 bits per heavy atom. The summed E-state index contributed by atoms with van der Waals surface area (Å²) in [5, 5.41) is 11.6. The molecule has 0 saturated carbocycles. The van der Waals surface area contributed by atoms with Gasteiger partial charge in [0.25, 0.3) is 0 Å². The molecule has 43 heavy (non-hydrogen) atoms. The zero-order valence-electron chi connectivity index (χ0n) is 25.4. The summed E-state index contributed by atoms with van der Waals surface area (Å²) < 4.78 is 0. The average Bonchev–Trinajstić information content (AvgIpc) is 3.75. The summed E-state index contributed by atoms with van der Waals surface area (Å²) in [6.07, 6.45) is 4.04. The SMILES string of the molecule is CC(C)[C@H](NC(=O)O)C(=O)N1CCC[C@H]1c1ncc(-c2ccc(-c3ccc(-c4cnc([C@@H](N)C(C)(C)C)[nH]4)cc3)cc2)[nH]1. The first kappa shape index (κ1) is 30.0. The molecule has 2 aromatic carbocycles. The Labute approximate surface area is 252 Å². The fourth-order valence-corrected chi connectivity index (χ4v) is 5.53. The van der Waals surface area contributed by atoms with Crippen LogP contribution in [0.3, 0.4) is 0 Å². The molecule has 0 radical (unpaired) electrons. The molecule has 5 rings (SSSR count). The van der Waals surface area contributed by atoms with Crippen molar-refractivity contribution in [3.8, 4) is 33.6 Å². The minimum absolute atomic E-state index is 0.0864. The van der Waals surface area contributed by atoms with Crippen LogP contribution in [-0.2, 0) is 4.79 Å². The molecule has 0 bridgehead atoms. The van der Waals surface area contributed by atoms with E-state index in [1.807, 2.05) is 20.0 Å². The third-order valence-corrected chi connectivity index (χ3v) is 8.21. The smallest absolute Gasteiger partial charge is 0.405 e. The van der Waals surface area contributed by atoms with Gasteiger partial charge in [0.05, 0.1) is 35.9 Å². The Hall–Kier alpha value is -4.44. The van der Waals surface area contributed by atoms with Gasteiger partial charge in [0.1, 0.15) is 17.7 Å². The second kappa shape index (κ2) is 12.0. The summed E-state index contributed by atoms with van der Waals surface area (Å²) in [4.78, 5) is 42.2. The second-order valence-electron chi connectivity index (χ2n) is 12.7. The first-order valence-corrected chi connectivity index (χ1v) is 14.8. The van der Waals surface area contributed by atoms with Crippen molar-refractivity contribution in [2.75, 3.05) is 6.54 Å². The first-order valence-electron chi connectivity index (χ1n) is 14.8. The number of likely N-dealkylation sites (tertiary alicyclic amines) is 1. The predicted molar refractivity (Wildman–Crippen MR) is 167 cm³/mol. The maximum Gasteiger partial charge on any atom is 0.405 e. The zero-order chi connectivity index (χ0) is 30.9. The van der Waals surface area contributed by atoms with Crippen LogP contribution >= 0.6 is 0 Å². The van der Waals surface area contributed by atoms with E-state index >= 15 is 0 Å². The third kappa shape index (κ3) is 6.49. The van der Waals surface area contributed by atoms with E-state index in [1.54, 1.807) is 11.1 Å². The lowest BCUT2D eigenvalue weighted by atomic mass is 9.87. The number of carbonyl (C=O) groups excluding carboxylic acids is 1. The molecule has 3 atom stereocenters. The molecule has 1 fully saturated rings. The largest absolute Gasteiger partial charge is 0.465 e. The predicted octanol–water partition coefficient (Wildman–Crippen LogP) is 6.14. The van der Waals surface area contributed by atoms with Gasteiger partial charge in [0.2, 0.25) is 5.91 Å². The van der Waals surface area contributed by atoms with Crippen molar-refractivity contribution in [1.82, 2.24) is 30.2 Å². The monoisotopic (exact) mass is 583 g/mol. The van der Waals surface area contributed by atoms with E-state index in [-0.39, 0.29) is 29.3 Å². The molecule has 0 spiro atoms. The molecule has 1 aliphatic heterocycles. The van der Waals surface area contributed by atoms with Crippen LogP contribution in [0.2, 0.25) is 0 Å². The molecule has 226 valence electrons. The Morgan fingerprint density at radius 1 is 0.930 bits per heavy atom. The summed E-state index contributed by atoms with van der Waals surface area (Å²) >= 11 is 0. The van der Waals surface area contributed by atoms with Crippen molar-refractivity contribution in [2.45, 2.75) is 65.6 Å². The van der Waals surface area contributed by atoms with Crippen LogP contribution in [0.1, 0.15) is 71.2 Å². The highest BCUT2D eigenvalue weighted by Gasteiger charge is 2.37. The highest BCUT2D eigenvalue weighted by atomic mass is 16.4. The van der Waals surface area contributed by atoms with E-state index in [9.17, 15) is 14.7 Å². The molecule has 2 aromatic heterocycles. The Balaban J connectivity index is 1.28. The van der Waals surface area contributed by atoms with Crippen LogP contribution in [0, 0.1) is 11.3 Å². The Morgan fingerprint density at radius 3 is 2.00 bits per heavy atom. The lowest BCUT2D eigenvalue weighted by Crippen LogP contribution is -2.50. The van der Waals surface area contributed by atoms with Gasteiger partial charge in [0.15, 0.2) is 0 Å². The van der Waals surface area contributed by atoms with Gasteiger partial charge in [-0.3, -0.25) is 4.79 Å². The van der Waals surface area contributed by atoms with Gasteiger partial charge in [-0.15, -0.1) is 0 Å². The fraction of sp³-hybridized carbons (Fsp3) is 0.394. The summed E-state index contributed by atoms with van der Waals surface area (Å²) in [5.74, 6) is 1.12. The van der Waals surface area contributed by atoms with Crippen LogP contribution in [0.15, 0.2) is 60.9 Å². The van der Waals surface area contributed by atoms with Crippen LogP contribution in [0.4, 0.5) is 4.79 Å².